The topological polar surface area (TPSA) is 20.3 Å². The van der Waals surface area contributed by atoms with Crippen LogP contribution in [0.3, 0.4) is 0 Å². The van der Waals surface area contributed by atoms with Crippen molar-refractivity contribution in [2.24, 2.45) is 0 Å². The number of alkyl halides is 1. The van der Waals surface area contributed by atoms with Gasteiger partial charge in [0.25, 0.3) is 5.91 Å². The van der Waals surface area contributed by atoms with Crippen LogP contribution in [0.1, 0.15) is 37.0 Å². The third-order valence-electron chi connectivity index (χ3n) is 3.13. The molecule has 0 saturated heterocycles. The summed E-state index contributed by atoms with van der Waals surface area (Å²) in [4.78, 5) is 14.3. The quantitative estimate of drug-likeness (QED) is 0.692. The highest BCUT2D eigenvalue weighted by atomic mass is 79.9. The van der Waals surface area contributed by atoms with E-state index in [-0.39, 0.29) is 17.0 Å². The molecule has 0 bridgehead atoms. The fourth-order valence-electron chi connectivity index (χ4n) is 2.09. The molecular weight excluding hydrogens is 333 g/mol. The summed E-state index contributed by atoms with van der Waals surface area (Å²) in [6.07, 6.45) is 1.77. The molecule has 0 N–H and O–H groups in total. The summed E-state index contributed by atoms with van der Waals surface area (Å²) in [6, 6.07) is 4.06. The molecule has 0 saturated carbocycles. The molecule has 0 aliphatic heterocycles. The van der Waals surface area contributed by atoms with Crippen LogP contribution >= 0.6 is 27.5 Å². The fraction of sp³-hybridized carbons (Fsp3) is 0.500. The van der Waals surface area contributed by atoms with Crippen LogP contribution in [0.15, 0.2) is 18.2 Å². The molecule has 0 fully saturated rings. The van der Waals surface area contributed by atoms with Crippen molar-refractivity contribution in [1.29, 1.82) is 0 Å². The smallest absolute Gasteiger partial charge is 0.255 e. The number of nitrogens with zero attached hydrogens (tertiary/aromatic N) is 1. The third kappa shape index (κ3) is 4.18. The van der Waals surface area contributed by atoms with E-state index < -0.39 is 5.82 Å². The Labute approximate surface area is 127 Å². The Balaban J connectivity index is 3.04. The van der Waals surface area contributed by atoms with Crippen molar-refractivity contribution >= 4 is 33.4 Å². The van der Waals surface area contributed by atoms with Crippen molar-refractivity contribution in [2.45, 2.75) is 32.7 Å². The maximum atomic E-state index is 13.0. The minimum atomic E-state index is -0.434. The molecule has 5 heteroatoms. The summed E-state index contributed by atoms with van der Waals surface area (Å²) in [5.74, 6) is -0.575. The van der Waals surface area contributed by atoms with Crippen LogP contribution in [0.2, 0.25) is 5.02 Å². The highest BCUT2D eigenvalue weighted by Crippen LogP contribution is 2.21. The number of hydrogen-bond donors (Lipinski definition) is 0. The number of carbonyl (C=O) groups excluding carboxylic acids is 1. The van der Waals surface area contributed by atoms with Crippen LogP contribution in [0.25, 0.3) is 0 Å². The van der Waals surface area contributed by atoms with E-state index in [1.165, 1.54) is 18.2 Å². The van der Waals surface area contributed by atoms with Crippen molar-refractivity contribution in [3.8, 4) is 0 Å². The third-order valence-corrected chi connectivity index (χ3v) is 3.80. The minimum absolute atomic E-state index is 0.141. The van der Waals surface area contributed by atoms with Crippen LogP contribution in [-0.2, 0) is 0 Å². The van der Waals surface area contributed by atoms with E-state index in [1.54, 1.807) is 4.90 Å². The molecule has 19 heavy (non-hydrogen) atoms. The van der Waals surface area contributed by atoms with Gasteiger partial charge in [0.2, 0.25) is 0 Å². The lowest BCUT2D eigenvalue weighted by Gasteiger charge is -2.30. The summed E-state index contributed by atoms with van der Waals surface area (Å²) in [5, 5.41) is 0.865. The predicted molar refractivity (Wildman–Crippen MR) is 80.6 cm³/mol. The van der Waals surface area contributed by atoms with Crippen LogP contribution in [0, 0.1) is 5.82 Å². The monoisotopic (exact) mass is 349 g/mol. The van der Waals surface area contributed by atoms with Crippen molar-refractivity contribution < 1.29 is 9.18 Å². The van der Waals surface area contributed by atoms with E-state index in [0.717, 1.165) is 12.8 Å². The van der Waals surface area contributed by atoms with Crippen LogP contribution in [0.4, 0.5) is 4.39 Å². The largest absolute Gasteiger partial charge is 0.335 e. The Morgan fingerprint density at radius 2 is 2.05 bits per heavy atom. The number of rotatable bonds is 6. The van der Waals surface area contributed by atoms with Gasteiger partial charge in [-0.05, 0) is 31.0 Å². The number of hydrogen-bond acceptors (Lipinski definition) is 1. The lowest BCUT2D eigenvalue weighted by Crippen LogP contribution is -2.41. The standard InChI is InChI=1S/C14H18BrClFNO/c1-3-11(4-2)18(8-7-15)14(19)12-6-5-10(17)9-13(12)16/h5-6,9,11H,3-4,7-8H2,1-2H3. The molecule has 0 aliphatic rings. The van der Waals surface area contributed by atoms with E-state index in [9.17, 15) is 9.18 Å². The first-order valence-corrected chi connectivity index (χ1v) is 7.87. The van der Waals surface area contributed by atoms with Gasteiger partial charge in [-0.25, -0.2) is 4.39 Å². The zero-order chi connectivity index (χ0) is 14.4. The summed E-state index contributed by atoms with van der Waals surface area (Å²) in [6.45, 7) is 4.71. The Hall–Kier alpha value is -0.610. The molecular formula is C14H18BrClFNO. The first kappa shape index (κ1) is 16.4. The van der Waals surface area contributed by atoms with Crippen molar-refractivity contribution in [2.75, 3.05) is 11.9 Å². The van der Waals surface area contributed by atoms with Gasteiger partial charge in [-0.15, -0.1) is 0 Å². The van der Waals surface area contributed by atoms with Gasteiger partial charge in [0.15, 0.2) is 0 Å². The maximum absolute atomic E-state index is 13.0. The average Bonchev–Trinajstić information content (AvgIpc) is 2.38. The number of amides is 1. The lowest BCUT2D eigenvalue weighted by molar-refractivity contribution is 0.0683. The molecule has 1 aromatic rings. The van der Waals surface area contributed by atoms with E-state index in [4.69, 9.17) is 11.6 Å². The number of benzene rings is 1. The highest BCUT2D eigenvalue weighted by molar-refractivity contribution is 9.09. The molecule has 0 atom stereocenters. The molecule has 0 aliphatic carbocycles. The van der Waals surface area contributed by atoms with Crippen molar-refractivity contribution in [3.63, 3.8) is 0 Å². The second kappa shape index (κ2) is 7.85. The maximum Gasteiger partial charge on any atom is 0.255 e. The summed E-state index contributed by atoms with van der Waals surface area (Å²) in [5.41, 5.74) is 0.357. The van der Waals surface area contributed by atoms with Gasteiger partial charge in [-0.1, -0.05) is 41.4 Å². The first-order chi connectivity index (χ1) is 9.04. The molecule has 0 aromatic heterocycles. The van der Waals surface area contributed by atoms with Gasteiger partial charge in [0, 0.05) is 17.9 Å². The molecule has 1 amide bonds. The zero-order valence-electron chi connectivity index (χ0n) is 11.1. The molecule has 1 aromatic carbocycles. The summed E-state index contributed by atoms with van der Waals surface area (Å²) < 4.78 is 13.0. The zero-order valence-corrected chi connectivity index (χ0v) is 13.5. The first-order valence-electron chi connectivity index (χ1n) is 6.37. The highest BCUT2D eigenvalue weighted by Gasteiger charge is 2.23. The molecule has 0 spiro atoms. The molecule has 1 rings (SSSR count). The van der Waals surface area contributed by atoms with Gasteiger partial charge < -0.3 is 4.90 Å². The number of halogens is 3. The van der Waals surface area contributed by atoms with E-state index in [1.807, 2.05) is 0 Å². The van der Waals surface area contributed by atoms with Crippen molar-refractivity contribution in [3.05, 3.63) is 34.6 Å². The number of carbonyl (C=O) groups is 1. The Bertz CT molecular complexity index is 437. The second-order valence-corrected chi connectivity index (χ2v) is 5.48. The molecule has 0 heterocycles. The van der Waals surface area contributed by atoms with E-state index >= 15 is 0 Å². The lowest BCUT2D eigenvalue weighted by atomic mass is 10.1. The van der Waals surface area contributed by atoms with E-state index in [2.05, 4.69) is 29.8 Å². The predicted octanol–water partition coefficient (Wildman–Crippen LogP) is 4.50. The van der Waals surface area contributed by atoms with Crippen LogP contribution in [0.5, 0.6) is 0 Å². The van der Waals surface area contributed by atoms with E-state index in [0.29, 0.717) is 17.4 Å². The molecule has 0 unspecified atom stereocenters. The summed E-state index contributed by atoms with van der Waals surface area (Å²) >= 11 is 9.32. The molecule has 2 nitrogen and oxygen atoms in total. The minimum Gasteiger partial charge on any atom is -0.335 e. The van der Waals surface area contributed by atoms with Gasteiger partial charge in [0.1, 0.15) is 5.82 Å². The summed E-state index contributed by atoms with van der Waals surface area (Å²) in [7, 11) is 0. The van der Waals surface area contributed by atoms with Gasteiger partial charge in [0.05, 0.1) is 10.6 Å². The van der Waals surface area contributed by atoms with Crippen LogP contribution < -0.4 is 0 Å². The Morgan fingerprint density at radius 3 is 2.53 bits per heavy atom. The van der Waals surface area contributed by atoms with Crippen molar-refractivity contribution in [1.82, 2.24) is 4.90 Å². The normalized spacial score (nSPS) is 10.8. The van der Waals surface area contributed by atoms with Crippen LogP contribution in [-0.4, -0.2) is 28.7 Å². The average molecular weight is 351 g/mol. The molecule has 106 valence electrons. The fourth-order valence-corrected chi connectivity index (χ4v) is 2.72. The SMILES string of the molecule is CCC(CC)N(CCBr)C(=O)c1ccc(F)cc1Cl. The van der Waals surface area contributed by atoms with Gasteiger partial charge in [-0.3, -0.25) is 4.79 Å². The Kier molecular flexibility index (Phi) is 6.80. The Morgan fingerprint density at radius 1 is 1.42 bits per heavy atom. The second-order valence-electron chi connectivity index (χ2n) is 4.28. The molecule has 0 radical (unpaired) electrons. The van der Waals surface area contributed by atoms with Gasteiger partial charge >= 0.3 is 0 Å². The van der Waals surface area contributed by atoms with Gasteiger partial charge in [-0.2, -0.15) is 0 Å².